The van der Waals surface area contributed by atoms with E-state index in [1.165, 1.54) is 0 Å². The second-order valence-electron chi connectivity index (χ2n) is 6.65. The minimum atomic E-state index is -3.93. The van der Waals surface area contributed by atoms with Crippen LogP contribution in [0, 0.1) is 6.92 Å². The van der Waals surface area contributed by atoms with Crippen LogP contribution in [0.15, 0.2) is 75.8 Å². The zero-order valence-electron chi connectivity index (χ0n) is 17.3. The molecule has 0 heterocycles. The third-order valence-electron chi connectivity index (χ3n) is 4.40. The minimum Gasteiger partial charge on any atom is -0.493 e. The molecule has 0 saturated carbocycles. The number of nitrogens with zero attached hydrogens (tertiary/aromatic N) is 2. The Balaban J connectivity index is 1.87. The third kappa shape index (κ3) is 5.53. The van der Waals surface area contributed by atoms with Crippen LogP contribution in [0.2, 0.25) is 5.02 Å². The van der Waals surface area contributed by atoms with Crippen LogP contribution in [0.3, 0.4) is 0 Å². The van der Waals surface area contributed by atoms with Crippen LogP contribution in [-0.2, 0) is 16.6 Å². The molecule has 0 aromatic heterocycles. The highest BCUT2D eigenvalue weighted by molar-refractivity contribution is 7.92. The summed E-state index contributed by atoms with van der Waals surface area (Å²) in [5, 5.41) is 8.65. The fourth-order valence-electron chi connectivity index (χ4n) is 2.84. The number of halogens is 1. The maximum atomic E-state index is 13.0. The van der Waals surface area contributed by atoms with E-state index in [-0.39, 0.29) is 17.1 Å². The summed E-state index contributed by atoms with van der Waals surface area (Å²) in [5.41, 5.74) is 2.13. The highest BCUT2D eigenvalue weighted by atomic mass is 35.5. The Morgan fingerprint density at radius 2 is 1.71 bits per heavy atom. The van der Waals surface area contributed by atoms with Gasteiger partial charge in [-0.05, 0) is 54.4 Å². The van der Waals surface area contributed by atoms with Crippen molar-refractivity contribution in [3.8, 4) is 11.5 Å². The SMILES string of the molecule is COc1ccc(CN=Nc2ccc(C)cc2S(=O)(=O)Nc2ccccc2Cl)cc1OC. The van der Waals surface area contributed by atoms with Crippen LogP contribution in [0.25, 0.3) is 0 Å². The molecule has 7 nitrogen and oxygen atoms in total. The van der Waals surface area contributed by atoms with Gasteiger partial charge in [-0.15, -0.1) is 0 Å². The van der Waals surface area contributed by atoms with E-state index in [0.717, 1.165) is 11.1 Å². The summed E-state index contributed by atoms with van der Waals surface area (Å²) in [6, 6.07) is 17.0. The number of anilines is 1. The van der Waals surface area contributed by atoms with Gasteiger partial charge in [-0.25, -0.2) is 8.42 Å². The van der Waals surface area contributed by atoms with Crippen molar-refractivity contribution < 1.29 is 17.9 Å². The summed E-state index contributed by atoms with van der Waals surface area (Å²) in [5.74, 6) is 1.19. The van der Waals surface area contributed by atoms with Crippen molar-refractivity contribution in [2.45, 2.75) is 18.4 Å². The lowest BCUT2D eigenvalue weighted by atomic mass is 10.2. The topological polar surface area (TPSA) is 89.4 Å². The molecule has 31 heavy (non-hydrogen) atoms. The lowest BCUT2D eigenvalue weighted by Gasteiger charge is -2.12. The van der Waals surface area contributed by atoms with Crippen LogP contribution in [0.4, 0.5) is 11.4 Å². The number of sulfonamides is 1. The molecule has 0 aliphatic carbocycles. The molecule has 0 aliphatic rings. The molecule has 9 heteroatoms. The number of rotatable bonds is 8. The Labute approximate surface area is 186 Å². The predicted octanol–water partition coefficient (Wildman–Crippen LogP) is 5.75. The van der Waals surface area contributed by atoms with Crippen LogP contribution in [0.1, 0.15) is 11.1 Å². The molecule has 0 atom stereocenters. The van der Waals surface area contributed by atoms with Crippen molar-refractivity contribution >= 4 is 33.0 Å². The van der Waals surface area contributed by atoms with Gasteiger partial charge < -0.3 is 9.47 Å². The van der Waals surface area contributed by atoms with Crippen LogP contribution >= 0.6 is 11.6 Å². The summed E-state index contributed by atoms with van der Waals surface area (Å²) >= 11 is 6.10. The first-order chi connectivity index (χ1) is 14.8. The van der Waals surface area contributed by atoms with Gasteiger partial charge in [0, 0.05) is 0 Å². The quantitative estimate of drug-likeness (QED) is 0.434. The second-order valence-corrected chi connectivity index (χ2v) is 8.70. The molecular weight excluding hydrogens is 438 g/mol. The first-order valence-corrected chi connectivity index (χ1v) is 11.2. The van der Waals surface area contributed by atoms with E-state index in [2.05, 4.69) is 15.0 Å². The van der Waals surface area contributed by atoms with Gasteiger partial charge in [0.2, 0.25) is 0 Å². The maximum Gasteiger partial charge on any atom is 0.264 e. The van der Waals surface area contributed by atoms with Crippen molar-refractivity contribution in [1.29, 1.82) is 0 Å². The van der Waals surface area contributed by atoms with Crippen molar-refractivity contribution in [1.82, 2.24) is 0 Å². The molecule has 3 aromatic carbocycles. The van der Waals surface area contributed by atoms with Crippen molar-refractivity contribution in [2.24, 2.45) is 10.2 Å². The molecule has 1 N–H and O–H groups in total. The Bertz CT molecular complexity index is 1210. The van der Waals surface area contributed by atoms with Gasteiger partial charge in [0.15, 0.2) is 11.5 Å². The van der Waals surface area contributed by atoms with E-state index in [1.54, 1.807) is 75.7 Å². The number of hydrogen-bond acceptors (Lipinski definition) is 6. The Hall–Kier alpha value is -3.10. The smallest absolute Gasteiger partial charge is 0.264 e. The van der Waals surface area contributed by atoms with Gasteiger partial charge in [0.25, 0.3) is 10.0 Å². The zero-order valence-corrected chi connectivity index (χ0v) is 18.9. The maximum absolute atomic E-state index is 13.0. The van der Waals surface area contributed by atoms with Gasteiger partial charge in [0.1, 0.15) is 10.6 Å². The minimum absolute atomic E-state index is 0.0171. The molecule has 0 unspecified atom stereocenters. The van der Waals surface area contributed by atoms with E-state index in [0.29, 0.717) is 22.2 Å². The number of para-hydroxylation sites is 1. The summed E-state index contributed by atoms with van der Waals surface area (Å²) in [4.78, 5) is 0.0171. The first kappa shape index (κ1) is 22.6. The molecule has 0 spiro atoms. The lowest BCUT2D eigenvalue weighted by molar-refractivity contribution is 0.354. The summed E-state index contributed by atoms with van der Waals surface area (Å²) < 4.78 is 39.1. The van der Waals surface area contributed by atoms with Crippen molar-refractivity contribution in [3.63, 3.8) is 0 Å². The molecule has 3 rings (SSSR count). The van der Waals surface area contributed by atoms with Crippen LogP contribution in [-0.4, -0.2) is 22.6 Å². The largest absolute Gasteiger partial charge is 0.493 e. The fourth-order valence-corrected chi connectivity index (χ4v) is 4.38. The molecule has 0 radical (unpaired) electrons. The second kappa shape index (κ2) is 9.80. The number of azo groups is 1. The van der Waals surface area contributed by atoms with Gasteiger partial charge >= 0.3 is 0 Å². The average molecular weight is 460 g/mol. The Morgan fingerprint density at radius 1 is 0.968 bits per heavy atom. The van der Waals surface area contributed by atoms with Gasteiger partial charge in [-0.2, -0.15) is 10.2 Å². The standard InChI is InChI=1S/C22H22ClN3O4S/c1-15-8-10-19(25-24-14-16-9-11-20(29-2)21(13-16)30-3)22(12-15)31(27,28)26-18-7-5-4-6-17(18)23/h4-13,26H,14H2,1-3H3. The summed E-state index contributed by atoms with van der Waals surface area (Å²) in [7, 11) is -0.812. The molecular formula is C22H22ClN3O4S. The number of aryl methyl sites for hydroxylation is 1. The summed E-state index contributed by atoms with van der Waals surface area (Å²) in [6.45, 7) is 2.05. The fraction of sp³-hybridized carbons (Fsp3) is 0.182. The van der Waals surface area contributed by atoms with Crippen molar-refractivity contribution in [2.75, 3.05) is 18.9 Å². The van der Waals surface area contributed by atoms with E-state index in [9.17, 15) is 8.42 Å². The van der Waals surface area contributed by atoms with E-state index < -0.39 is 10.0 Å². The molecule has 0 bridgehead atoms. The molecule has 0 aliphatic heterocycles. The predicted molar refractivity (Wildman–Crippen MR) is 121 cm³/mol. The van der Waals surface area contributed by atoms with E-state index in [4.69, 9.17) is 21.1 Å². The van der Waals surface area contributed by atoms with Crippen LogP contribution in [0.5, 0.6) is 11.5 Å². The number of ether oxygens (including phenoxy) is 2. The normalized spacial score (nSPS) is 11.5. The van der Waals surface area contributed by atoms with Gasteiger partial charge in [-0.3, -0.25) is 4.72 Å². The van der Waals surface area contributed by atoms with E-state index in [1.807, 2.05) is 6.07 Å². The number of benzene rings is 3. The molecule has 0 fully saturated rings. The van der Waals surface area contributed by atoms with Gasteiger partial charge in [-0.1, -0.05) is 35.9 Å². The van der Waals surface area contributed by atoms with Crippen LogP contribution < -0.4 is 14.2 Å². The van der Waals surface area contributed by atoms with E-state index >= 15 is 0 Å². The highest BCUT2D eigenvalue weighted by Gasteiger charge is 2.20. The van der Waals surface area contributed by atoms with Crippen molar-refractivity contribution in [3.05, 3.63) is 76.8 Å². The third-order valence-corrected chi connectivity index (χ3v) is 6.13. The molecule has 3 aromatic rings. The highest BCUT2D eigenvalue weighted by Crippen LogP contribution is 2.31. The number of hydrogen-bond donors (Lipinski definition) is 1. The Morgan fingerprint density at radius 3 is 2.42 bits per heavy atom. The zero-order chi connectivity index (χ0) is 22.4. The Kier molecular flexibility index (Phi) is 7.14. The average Bonchev–Trinajstić information content (AvgIpc) is 2.76. The monoisotopic (exact) mass is 459 g/mol. The molecule has 0 amide bonds. The molecule has 0 saturated heterocycles. The molecule has 162 valence electrons. The first-order valence-electron chi connectivity index (χ1n) is 9.30. The number of methoxy groups -OCH3 is 2. The summed E-state index contributed by atoms with van der Waals surface area (Å²) in [6.07, 6.45) is 0. The number of nitrogens with one attached hydrogen (secondary N) is 1. The van der Waals surface area contributed by atoms with Gasteiger partial charge in [0.05, 0.1) is 31.5 Å². The lowest BCUT2D eigenvalue weighted by Crippen LogP contribution is -2.13.